The van der Waals surface area contributed by atoms with Gasteiger partial charge in [0.2, 0.25) is 0 Å². The molecule has 1 aliphatic rings. The van der Waals surface area contributed by atoms with Crippen LogP contribution in [0.2, 0.25) is 0 Å². The van der Waals surface area contributed by atoms with E-state index >= 15 is 0 Å². The first-order valence-electron chi connectivity index (χ1n) is 4.75. The number of aryl methyl sites for hydroxylation is 1. The molecule has 1 aromatic rings. The molecule has 1 aliphatic carbocycles. The molecular formula is C11H14BrNO. The molecule has 0 amide bonds. The summed E-state index contributed by atoms with van der Waals surface area (Å²) < 4.78 is 1.10. The van der Waals surface area contributed by atoms with E-state index in [1.165, 1.54) is 5.56 Å². The maximum Gasteiger partial charge on any atom is 0.0582 e. The molecule has 0 spiro atoms. The van der Waals surface area contributed by atoms with E-state index in [0.717, 1.165) is 10.0 Å². The van der Waals surface area contributed by atoms with Crippen molar-refractivity contribution in [2.24, 2.45) is 5.73 Å². The largest absolute Gasteiger partial charge is 0.393 e. The van der Waals surface area contributed by atoms with Crippen LogP contribution in [0.5, 0.6) is 0 Å². The Morgan fingerprint density at radius 2 is 2.14 bits per heavy atom. The average Bonchev–Trinajstić information content (AvgIpc) is 2.07. The molecule has 76 valence electrons. The summed E-state index contributed by atoms with van der Waals surface area (Å²) in [7, 11) is 0. The van der Waals surface area contributed by atoms with E-state index in [4.69, 9.17) is 5.73 Å². The van der Waals surface area contributed by atoms with Gasteiger partial charge in [0.15, 0.2) is 0 Å². The summed E-state index contributed by atoms with van der Waals surface area (Å²) in [6, 6.07) is 6.14. The molecule has 0 bridgehead atoms. The molecular weight excluding hydrogens is 242 g/mol. The summed E-state index contributed by atoms with van der Waals surface area (Å²) >= 11 is 3.46. The van der Waals surface area contributed by atoms with Crippen LogP contribution in [-0.2, 0) is 5.54 Å². The van der Waals surface area contributed by atoms with Crippen LogP contribution in [0.1, 0.15) is 24.0 Å². The highest BCUT2D eigenvalue weighted by atomic mass is 79.9. The number of hydrogen-bond acceptors (Lipinski definition) is 2. The lowest BCUT2D eigenvalue weighted by molar-refractivity contribution is 0.0209. The van der Waals surface area contributed by atoms with E-state index in [0.29, 0.717) is 12.8 Å². The third kappa shape index (κ3) is 1.60. The monoisotopic (exact) mass is 255 g/mol. The summed E-state index contributed by atoms with van der Waals surface area (Å²) in [5.74, 6) is 0. The first-order valence-corrected chi connectivity index (χ1v) is 5.54. The molecule has 0 aliphatic heterocycles. The van der Waals surface area contributed by atoms with Gasteiger partial charge in [-0.05, 0) is 37.0 Å². The van der Waals surface area contributed by atoms with Crippen LogP contribution in [0.15, 0.2) is 22.7 Å². The van der Waals surface area contributed by atoms with Crippen LogP contribution in [0.3, 0.4) is 0 Å². The Kier molecular flexibility index (Phi) is 2.41. The number of aliphatic hydroxyl groups excluding tert-OH is 1. The zero-order valence-electron chi connectivity index (χ0n) is 8.13. The maximum absolute atomic E-state index is 9.28. The lowest BCUT2D eigenvalue weighted by Gasteiger charge is -2.42. The van der Waals surface area contributed by atoms with Crippen molar-refractivity contribution in [3.8, 4) is 0 Å². The maximum atomic E-state index is 9.28. The van der Waals surface area contributed by atoms with Crippen LogP contribution in [0, 0.1) is 6.92 Å². The van der Waals surface area contributed by atoms with E-state index in [1.807, 2.05) is 19.1 Å². The first-order chi connectivity index (χ1) is 6.51. The van der Waals surface area contributed by atoms with Crippen molar-refractivity contribution in [2.75, 3.05) is 0 Å². The van der Waals surface area contributed by atoms with Crippen molar-refractivity contribution in [3.05, 3.63) is 33.8 Å². The Morgan fingerprint density at radius 3 is 2.64 bits per heavy atom. The van der Waals surface area contributed by atoms with Crippen LogP contribution in [0.4, 0.5) is 0 Å². The van der Waals surface area contributed by atoms with Crippen molar-refractivity contribution < 1.29 is 5.11 Å². The Balaban J connectivity index is 2.29. The SMILES string of the molecule is Cc1cc(C2(N)CC(O)C2)ccc1Br. The number of benzene rings is 1. The smallest absolute Gasteiger partial charge is 0.0582 e. The Labute approximate surface area is 92.3 Å². The molecule has 1 aromatic carbocycles. The van der Waals surface area contributed by atoms with E-state index < -0.39 is 0 Å². The van der Waals surface area contributed by atoms with Crippen LogP contribution in [-0.4, -0.2) is 11.2 Å². The summed E-state index contributed by atoms with van der Waals surface area (Å²) in [4.78, 5) is 0. The second-order valence-electron chi connectivity index (χ2n) is 4.18. The predicted molar refractivity (Wildman–Crippen MR) is 60.0 cm³/mol. The van der Waals surface area contributed by atoms with Gasteiger partial charge in [-0.1, -0.05) is 28.1 Å². The second kappa shape index (κ2) is 3.33. The number of nitrogens with two attached hydrogens (primary N) is 1. The van der Waals surface area contributed by atoms with Gasteiger partial charge < -0.3 is 10.8 Å². The number of hydrogen-bond donors (Lipinski definition) is 2. The van der Waals surface area contributed by atoms with E-state index in [9.17, 15) is 5.11 Å². The van der Waals surface area contributed by atoms with Gasteiger partial charge in [-0.2, -0.15) is 0 Å². The molecule has 0 unspecified atom stereocenters. The third-order valence-electron chi connectivity index (χ3n) is 2.93. The minimum absolute atomic E-state index is 0.219. The van der Waals surface area contributed by atoms with Gasteiger partial charge in [-0.25, -0.2) is 0 Å². The minimum atomic E-state index is -0.301. The molecule has 2 rings (SSSR count). The predicted octanol–water partition coefficient (Wildman–Crippen LogP) is 2.07. The first kappa shape index (κ1) is 10.1. The highest BCUT2D eigenvalue weighted by Crippen LogP contribution is 2.39. The highest BCUT2D eigenvalue weighted by molar-refractivity contribution is 9.10. The Hall–Kier alpha value is -0.380. The summed E-state index contributed by atoms with van der Waals surface area (Å²) in [5, 5.41) is 9.28. The number of rotatable bonds is 1. The lowest BCUT2D eigenvalue weighted by atomic mass is 9.70. The van der Waals surface area contributed by atoms with Gasteiger partial charge in [-0.15, -0.1) is 0 Å². The summed E-state index contributed by atoms with van der Waals surface area (Å²) in [6.45, 7) is 2.05. The summed E-state index contributed by atoms with van der Waals surface area (Å²) in [5.41, 5.74) is 8.17. The molecule has 0 aromatic heterocycles. The number of halogens is 1. The second-order valence-corrected chi connectivity index (χ2v) is 5.04. The van der Waals surface area contributed by atoms with Crippen LogP contribution in [0.25, 0.3) is 0 Å². The van der Waals surface area contributed by atoms with Gasteiger partial charge in [0, 0.05) is 10.0 Å². The fourth-order valence-electron chi connectivity index (χ4n) is 1.97. The lowest BCUT2D eigenvalue weighted by Crippen LogP contribution is -2.51. The molecule has 0 atom stereocenters. The van der Waals surface area contributed by atoms with Gasteiger partial charge in [0.1, 0.15) is 0 Å². The molecule has 14 heavy (non-hydrogen) atoms. The standard InChI is InChI=1S/C11H14BrNO/c1-7-4-8(2-3-10(7)12)11(13)5-9(14)6-11/h2-4,9,14H,5-6,13H2,1H3. The quantitative estimate of drug-likeness (QED) is 0.807. The van der Waals surface area contributed by atoms with Crippen molar-refractivity contribution >= 4 is 15.9 Å². The molecule has 3 heteroatoms. The van der Waals surface area contributed by atoms with E-state index in [-0.39, 0.29) is 11.6 Å². The van der Waals surface area contributed by atoms with Crippen LogP contribution < -0.4 is 5.73 Å². The van der Waals surface area contributed by atoms with Gasteiger partial charge >= 0.3 is 0 Å². The van der Waals surface area contributed by atoms with Crippen molar-refractivity contribution in [1.82, 2.24) is 0 Å². The topological polar surface area (TPSA) is 46.2 Å². The number of aliphatic hydroxyl groups is 1. The molecule has 1 saturated carbocycles. The normalized spacial score (nSPS) is 31.3. The fourth-order valence-corrected chi connectivity index (χ4v) is 2.22. The molecule has 2 nitrogen and oxygen atoms in total. The molecule has 3 N–H and O–H groups in total. The van der Waals surface area contributed by atoms with Crippen molar-refractivity contribution in [3.63, 3.8) is 0 Å². The minimum Gasteiger partial charge on any atom is -0.393 e. The van der Waals surface area contributed by atoms with Crippen LogP contribution >= 0.6 is 15.9 Å². The molecule has 0 saturated heterocycles. The molecule has 0 radical (unpaired) electrons. The fraction of sp³-hybridized carbons (Fsp3) is 0.455. The van der Waals surface area contributed by atoms with Gasteiger partial charge in [0.25, 0.3) is 0 Å². The third-order valence-corrected chi connectivity index (χ3v) is 3.82. The van der Waals surface area contributed by atoms with Gasteiger partial charge in [0.05, 0.1) is 6.10 Å². The average molecular weight is 256 g/mol. The van der Waals surface area contributed by atoms with E-state index in [1.54, 1.807) is 0 Å². The van der Waals surface area contributed by atoms with Crippen molar-refractivity contribution in [1.29, 1.82) is 0 Å². The molecule has 1 fully saturated rings. The Bertz CT molecular complexity index is 358. The highest BCUT2D eigenvalue weighted by Gasteiger charge is 2.41. The molecule has 0 heterocycles. The Morgan fingerprint density at radius 1 is 1.50 bits per heavy atom. The van der Waals surface area contributed by atoms with Gasteiger partial charge in [-0.3, -0.25) is 0 Å². The van der Waals surface area contributed by atoms with Crippen molar-refractivity contribution in [2.45, 2.75) is 31.4 Å². The zero-order valence-corrected chi connectivity index (χ0v) is 9.71. The zero-order chi connectivity index (χ0) is 10.3. The summed E-state index contributed by atoms with van der Waals surface area (Å²) in [6.07, 6.45) is 1.13. The van der Waals surface area contributed by atoms with E-state index in [2.05, 4.69) is 22.0 Å².